The number of nitrogens with zero attached hydrogens (tertiary/aromatic N) is 3. The van der Waals surface area contributed by atoms with E-state index in [1.54, 1.807) is 6.20 Å². The van der Waals surface area contributed by atoms with Gasteiger partial charge in [0.05, 0.1) is 22.2 Å². The Bertz CT molecular complexity index is 1100. The van der Waals surface area contributed by atoms with E-state index < -0.39 is 28.3 Å². The summed E-state index contributed by atoms with van der Waals surface area (Å²) in [6.07, 6.45) is -2.96. The van der Waals surface area contributed by atoms with Gasteiger partial charge in [0, 0.05) is 24.9 Å². The first-order valence-electron chi connectivity index (χ1n) is 8.65. The molecule has 1 aromatic heterocycles. The molecule has 30 heavy (non-hydrogen) atoms. The molecule has 2 aromatic carbocycles. The van der Waals surface area contributed by atoms with Gasteiger partial charge >= 0.3 is 6.18 Å². The summed E-state index contributed by atoms with van der Waals surface area (Å²) >= 11 is 0. The molecule has 1 amide bonds. The molecule has 8 nitrogen and oxygen atoms in total. The molecule has 0 radical (unpaired) electrons. The minimum absolute atomic E-state index is 0.0298. The van der Waals surface area contributed by atoms with Crippen molar-refractivity contribution < 1.29 is 27.6 Å². The summed E-state index contributed by atoms with van der Waals surface area (Å²) in [5, 5.41) is 17.7. The average molecular weight is 420 g/mol. The van der Waals surface area contributed by atoms with Gasteiger partial charge in [0.25, 0.3) is 11.6 Å². The van der Waals surface area contributed by atoms with Crippen LogP contribution in [0.25, 0.3) is 0 Å². The van der Waals surface area contributed by atoms with Gasteiger partial charge in [0.15, 0.2) is 5.69 Å². The molecular weight excluding hydrogens is 405 g/mol. The lowest BCUT2D eigenvalue weighted by atomic mass is 10.2. The molecule has 0 atom stereocenters. The summed E-state index contributed by atoms with van der Waals surface area (Å²) in [5.74, 6) is -0.880. The Labute approximate surface area is 168 Å². The number of ether oxygens (including phenoxy) is 1. The Hall–Kier alpha value is -3.89. The van der Waals surface area contributed by atoms with E-state index >= 15 is 0 Å². The van der Waals surface area contributed by atoms with E-state index in [0.29, 0.717) is 6.54 Å². The van der Waals surface area contributed by atoms with E-state index in [4.69, 9.17) is 4.74 Å². The first-order valence-corrected chi connectivity index (χ1v) is 8.65. The molecule has 1 N–H and O–H groups in total. The molecule has 0 aliphatic rings. The number of carbonyl (C=O) groups excluding carboxylic acids is 1. The second-order valence-electron chi connectivity index (χ2n) is 6.11. The van der Waals surface area contributed by atoms with Crippen molar-refractivity contribution in [1.29, 1.82) is 0 Å². The fraction of sp³-hybridized carbons (Fsp3) is 0.158. The number of hydrogen-bond donors (Lipinski definition) is 1. The van der Waals surface area contributed by atoms with Crippen molar-refractivity contribution in [3.05, 3.63) is 76.1 Å². The number of anilines is 1. The van der Waals surface area contributed by atoms with Gasteiger partial charge in [0.1, 0.15) is 11.5 Å². The predicted octanol–water partition coefficient (Wildman–Crippen LogP) is 4.87. The van der Waals surface area contributed by atoms with Crippen LogP contribution in [-0.4, -0.2) is 20.6 Å². The summed E-state index contributed by atoms with van der Waals surface area (Å²) in [5.41, 5.74) is -1.20. The molecule has 0 aliphatic heterocycles. The van der Waals surface area contributed by atoms with Crippen molar-refractivity contribution >= 4 is 17.3 Å². The second-order valence-corrected chi connectivity index (χ2v) is 6.11. The Morgan fingerprint density at radius 1 is 1.20 bits per heavy atom. The van der Waals surface area contributed by atoms with E-state index in [-0.39, 0.29) is 22.9 Å². The van der Waals surface area contributed by atoms with E-state index in [1.807, 2.05) is 6.92 Å². The fourth-order valence-electron chi connectivity index (χ4n) is 2.55. The zero-order valence-corrected chi connectivity index (χ0v) is 15.5. The minimum Gasteiger partial charge on any atom is -0.457 e. The van der Waals surface area contributed by atoms with Crippen LogP contribution in [0.15, 0.2) is 54.7 Å². The van der Waals surface area contributed by atoms with Gasteiger partial charge in [-0.05, 0) is 31.2 Å². The standard InChI is InChI=1S/C19H15F3N4O4/c1-2-25-7-6-17(24-25)18(27)23-13-9-14(26(28)29)11-16(10-13)30-15-5-3-4-12(8-15)19(20,21)22/h3-11H,2H2,1H3,(H,23,27). The SMILES string of the molecule is CCn1ccc(C(=O)Nc2cc(Oc3cccc(C(F)(F)F)c3)cc([N+](=O)[O-])c2)n1. The summed E-state index contributed by atoms with van der Waals surface area (Å²) in [4.78, 5) is 22.8. The predicted molar refractivity (Wildman–Crippen MR) is 100 cm³/mol. The lowest BCUT2D eigenvalue weighted by Crippen LogP contribution is -2.13. The highest BCUT2D eigenvalue weighted by Crippen LogP contribution is 2.34. The van der Waals surface area contributed by atoms with Gasteiger partial charge < -0.3 is 10.1 Å². The highest BCUT2D eigenvalue weighted by molar-refractivity contribution is 6.03. The number of nitro benzene ring substituents is 1. The third-order valence-electron chi connectivity index (χ3n) is 3.95. The average Bonchev–Trinajstić information content (AvgIpc) is 3.17. The second kappa shape index (κ2) is 8.23. The highest BCUT2D eigenvalue weighted by Gasteiger charge is 2.30. The molecule has 1 heterocycles. The monoisotopic (exact) mass is 420 g/mol. The number of aryl methyl sites for hydroxylation is 1. The number of nitro groups is 1. The maximum absolute atomic E-state index is 12.9. The molecule has 11 heteroatoms. The number of aromatic nitrogens is 2. The highest BCUT2D eigenvalue weighted by atomic mass is 19.4. The molecule has 3 rings (SSSR count). The molecule has 0 saturated heterocycles. The zero-order valence-electron chi connectivity index (χ0n) is 15.5. The van der Waals surface area contributed by atoms with Crippen LogP contribution in [0.3, 0.4) is 0 Å². The van der Waals surface area contributed by atoms with Crippen LogP contribution in [0.5, 0.6) is 11.5 Å². The molecule has 0 aliphatic carbocycles. The maximum atomic E-state index is 12.9. The zero-order chi connectivity index (χ0) is 21.9. The normalized spacial score (nSPS) is 11.2. The lowest BCUT2D eigenvalue weighted by molar-refractivity contribution is -0.384. The first kappa shape index (κ1) is 20.8. The van der Waals surface area contributed by atoms with Gasteiger partial charge in [0.2, 0.25) is 0 Å². The Morgan fingerprint density at radius 3 is 2.60 bits per heavy atom. The lowest BCUT2D eigenvalue weighted by Gasteiger charge is -2.11. The number of non-ortho nitro benzene ring substituents is 1. The van der Waals surface area contributed by atoms with Crippen LogP contribution in [0.4, 0.5) is 24.5 Å². The third kappa shape index (κ3) is 4.93. The molecule has 0 spiro atoms. The molecule has 156 valence electrons. The number of benzene rings is 2. The third-order valence-corrected chi connectivity index (χ3v) is 3.95. The van der Waals surface area contributed by atoms with Crippen molar-refractivity contribution in [1.82, 2.24) is 9.78 Å². The number of nitrogens with one attached hydrogen (secondary N) is 1. The Kier molecular flexibility index (Phi) is 5.72. The van der Waals surface area contributed by atoms with Gasteiger partial charge in [-0.25, -0.2) is 0 Å². The largest absolute Gasteiger partial charge is 0.457 e. The summed E-state index contributed by atoms with van der Waals surface area (Å²) < 4.78 is 45.5. The van der Waals surface area contributed by atoms with Crippen molar-refractivity contribution in [2.75, 3.05) is 5.32 Å². The number of halogens is 3. The molecule has 0 bridgehead atoms. The van der Waals surface area contributed by atoms with E-state index in [2.05, 4.69) is 10.4 Å². The molecular formula is C19H15F3N4O4. The van der Waals surface area contributed by atoms with Crippen LogP contribution in [0.1, 0.15) is 23.0 Å². The van der Waals surface area contributed by atoms with Crippen LogP contribution < -0.4 is 10.1 Å². The van der Waals surface area contributed by atoms with Crippen molar-refractivity contribution in [2.24, 2.45) is 0 Å². The van der Waals surface area contributed by atoms with Crippen LogP contribution in [-0.2, 0) is 12.7 Å². The van der Waals surface area contributed by atoms with Crippen molar-refractivity contribution in [2.45, 2.75) is 19.6 Å². The fourth-order valence-corrected chi connectivity index (χ4v) is 2.55. The number of alkyl halides is 3. The molecule has 0 fully saturated rings. The Balaban J connectivity index is 1.88. The summed E-state index contributed by atoms with van der Waals surface area (Å²) in [7, 11) is 0. The summed E-state index contributed by atoms with van der Waals surface area (Å²) in [6.45, 7) is 2.39. The topological polar surface area (TPSA) is 99.3 Å². The first-order chi connectivity index (χ1) is 14.2. The quantitative estimate of drug-likeness (QED) is 0.453. The number of rotatable bonds is 6. The molecule has 0 saturated carbocycles. The van der Waals surface area contributed by atoms with Gasteiger partial charge in [-0.2, -0.15) is 18.3 Å². The number of carbonyl (C=O) groups is 1. The Morgan fingerprint density at radius 2 is 1.97 bits per heavy atom. The van der Waals surface area contributed by atoms with Crippen LogP contribution in [0, 0.1) is 10.1 Å². The molecule has 3 aromatic rings. The maximum Gasteiger partial charge on any atom is 0.416 e. The van der Waals surface area contributed by atoms with Crippen molar-refractivity contribution in [3.8, 4) is 11.5 Å². The van der Waals surface area contributed by atoms with Crippen molar-refractivity contribution in [3.63, 3.8) is 0 Å². The molecule has 0 unspecified atom stereocenters. The summed E-state index contributed by atoms with van der Waals surface area (Å²) in [6, 6.07) is 8.98. The number of hydrogen-bond acceptors (Lipinski definition) is 5. The minimum atomic E-state index is -4.57. The van der Waals surface area contributed by atoms with Gasteiger partial charge in [-0.1, -0.05) is 6.07 Å². The van der Waals surface area contributed by atoms with Crippen LogP contribution in [0.2, 0.25) is 0 Å². The van der Waals surface area contributed by atoms with E-state index in [9.17, 15) is 28.1 Å². The number of amides is 1. The van der Waals surface area contributed by atoms with Crippen LogP contribution >= 0.6 is 0 Å². The van der Waals surface area contributed by atoms with Gasteiger partial charge in [-0.3, -0.25) is 19.6 Å². The van der Waals surface area contributed by atoms with E-state index in [0.717, 1.165) is 30.3 Å². The van der Waals surface area contributed by atoms with E-state index in [1.165, 1.54) is 22.9 Å². The van der Waals surface area contributed by atoms with Gasteiger partial charge in [-0.15, -0.1) is 0 Å². The smallest absolute Gasteiger partial charge is 0.416 e.